The lowest BCUT2D eigenvalue weighted by Crippen LogP contribution is -2.26. The molecule has 0 unspecified atom stereocenters. The van der Waals surface area contributed by atoms with Crippen LogP contribution in [0, 0.1) is 13.8 Å². The predicted octanol–water partition coefficient (Wildman–Crippen LogP) is 4.58. The summed E-state index contributed by atoms with van der Waals surface area (Å²) in [5.41, 5.74) is 4.05. The number of methoxy groups -OCH3 is 1. The van der Waals surface area contributed by atoms with Crippen molar-refractivity contribution in [1.29, 1.82) is 0 Å². The molecule has 166 valence electrons. The van der Waals surface area contributed by atoms with Gasteiger partial charge in [-0.05, 0) is 43.4 Å². The minimum absolute atomic E-state index is 0.0728. The van der Waals surface area contributed by atoms with E-state index in [9.17, 15) is 9.59 Å². The van der Waals surface area contributed by atoms with E-state index in [1.807, 2.05) is 32.0 Å². The highest BCUT2D eigenvalue weighted by Gasteiger charge is 2.18. The fraction of sp³-hybridized carbons (Fsp3) is 0.435. The number of carbonyl (C=O) groups excluding carboxylic acids is 1. The summed E-state index contributed by atoms with van der Waals surface area (Å²) in [6.07, 6.45) is 1.70. The second-order valence-electron chi connectivity index (χ2n) is 7.30. The van der Waals surface area contributed by atoms with E-state index in [0.29, 0.717) is 23.7 Å². The molecule has 31 heavy (non-hydrogen) atoms. The zero-order valence-corrected chi connectivity index (χ0v) is 20.3. The first kappa shape index (κ1) is 23.5. The van der Waals surface area contributed by atoms with Crippen molar-refractivity contribution >= 4 is 44.9 Å². The molecule has 0 fully saturated rings. The number of benzene rings is 1. The average Bonchev–Trinajstić information content (AvgIpc) is 3.05. The zero-order valence-electron chi connectivity index (χ0n) is 18.7. The molecule has 0 aliphatic rings. The summed E-state index contributed by atoms with van der Waals surface area (Å²) >= 11 is 2.80. The van der Waals surface area contributed by atoms with Gasteiger partial charge < -0.3 is 10.1 Å². The standard InChI is InChI=1S/C23H29N3O3S2/c1-6-16-9-8-10-17(7-2)20(16)24-18(27)13-30-23-25-21-19(14(3)15(4)31-21)22(28)26(23)11-12-29-5/h8-10H,6-7,11-13H2,1-5H3,(H,24,27). The average molecular weight is 460 g/mol. The van der Waals surface area contributed by atoms with Crippen LogP contribution >= 0.6 is 23.1 Å². The number of fused-ring (bicyclic) bond motifs is 1. The lowest BCUT2D eigenvalue weighted by Gasteiger charge is -2.15. The van der Waals surface area contributed by atoms with Crippen molar-refractivity contribution in [2.24, 2.45) is 0 Å². The van der Waals surface area contributed by atoms with Gasteiger partial charge in [-0.15, -0.1) is 11.3 Å². The maximum Gasteiger partial charge on any atom is 0.263 e. The largest absolute Gasteiger partial charge is 0.383 e. The number of nitrogens with zero attached hydrogens (tertiary/aromatic N) is 2. The second-order valence-corrected chi connectivity index (χ2v) is 9.45. The number of thioether (sulfide) groups is 1. The van der Waals surface area contributed by atoms with Gasteiger partial charge in [-0.2, -0.15) is 0 Å². The van der Waals surface area contributed by atoms with Crippen LogP contribution in [-0.2, 0) is 28.9 Å². The molecule has 3 aromatic rings. The summed E-state index contributed by atoms with van der Waals surface area (Å²) < 4.78 is 6.81. The van der Waals surface area contributed by atoms with Crippen molar-refractivity contribution in [3.05, 3.63) is 50.1 Å². The highest BCUT2D eigenvalue weighted by atomic mass is 32.2. The summed E-state index contributed by atoms with van der Waals surface area (Å²) in [6, 6.07) is 6.11. The van der Waals surface area contributed by atoms with Crippen LogP contribution in [0.25, 0.3) is 10.2 Å². The second kappa shape index (κ2) is 10.4. The Morgan fingerprint density at radius 1 is 1.23 bits per heavy atom. The van der Waals surface area contributed by atoms with Crippen LogP contribution in [-0.4, -0.2) is 34.9 Å². The Morgan fingerprint density at radius 2 is 1.90 bits per heavy atom. The van der Waals surface area contributed by atoms with Gasteiger partial charge in [0.2, 0.25) is 5.91 Å². The number of rotatable bonds is 9. The molecule has 6 nitrogen and oxygen atoms in total. The predicted molar refractivity (Wildman–Crippen MR) is 130 cm³/mol. The number of hydrogen-bond donors (Lipinski definition) is 1. The van der Waals surface area contributed by atoms with Gasteiger partial charge in [-0.1, -0.05) is 43.8 Å². The molecule has 8 heteroatoms. The Labute approximate surface area is 191 Å². The molecule has 0 spiro atoms. The number of amides is 1. The minimum atomic E-state index is -0.105. The van der Waals surface area contributed by atoms with Crippen molar-refractivity contribution in [3.8, 4) is 0 Å². The number of anilines is 1. The first-order chi connectivity index (χ1) is 14.9. The number of para-hydroxylation sites is 1. The Kier molecular flexibility index (Phi) is 7.91. The van der Waals surface area contributed by atoms with E-state index in [0.717, 1.165) is 44.9 Å². The quantitative estimate of drug-likeness (QED) is 0.375. The van der Waals surface area contributed by atoms with Gasteiger partial charge in [0.1, 0.15) is 4.83 Å². The van der Waals surface area contributed by atoms with Gasteiger partial charge in [-0.25, -0.2) is 4.98 Å². The molecule has 2 aromatic heterocycles. The van der Waals surface area contributed by atoms with Crippen molar-refractivity contribution in [3.63, 3.8) is 0 Å². The Morgan fingerprint density at radius 3 is 2.52 bits per heavy atom. The first-order valence-electron chi connectivity index (χ1n) is 10.4. The molecular weight excluding hydrogens is 430 g/mol. The van der Waals surface area contributed by atoms with Crippen LogP contribution in [0.2, 0.25) is 0 Å². The van der Waals surface area contributed by atoms with Crippen LogP contribution in [0.15, 0.2) is 28.2 Å². The van der Waals surface area contributed by atoms with Crippen LogP contribution in [0.4, 0.5) is 5.69 Å². The van der Waals surface area contributed by atoms with Gasteiger partial charge in [-0.3, -0.25) is 14.2 Å². The smallest absolute Gasteiger partial charge is 0.263 e. The van der Waals surface area contributed by atoms with Crippen molar-refractivity contribution in [1.82, 2.24) is 9.55 Å². The highest BCUT2D eigenvalue weighted by Crippen LogP contribution is 2.29. The molecule has 0 atom stereocenters. The van der Waals surface area contributed by atoms with Crippen molar-refractivity contribution in [2.75, 3.05) is 24.8 Å². The molecule has 0 aliphatic carbocycles. The maximum atomic E-state index is 13.2. The van der Waals surface area contributed by atoms with Gasteiger partial charge in [0.05, 0.1) is 24.3 Å². The third kappa shape index (κ3) is 5.02. The fourth-order valence-electron chi connectivity index (χ4n) is 3.51. The Balaban J connectivity index is 1.87. The number of aryl methyl sites for hydroxylation is 4. The van der Waals surface area contributed by atoms with E-state index in [1.165, 1.54) is 23.1 Å². The van der Waals surface area contributed by atoms with Crippen LogP contribution in [0.1, 0.15) is 35.4 Å². The van der Waals surface area contributed by atoms with Crippen LogP contribution in [0.5, 0.6) is 0 Å². The van der Waals surface area contributed by atoms with E-state index < -0.39 is 0 Å². The van der Waals surface area contributed by atoms with Gasteiger partial charge in [0.15, 0.2) is 5.16 Å². The van der Waals surface area contributed by atoms with Crippen molar-refractivity contribution in [2.45, 2.75) is 52.2 Å². The van der Waals surface area contributed by atoms with E-state index in [-0.39, 0.29) is 17.2 Å². The van der Waals surface area contributed by atoms with E-state index in [2.05, 4.69) is 19.2 Å². The molecular formula is C23H29N3O3S2. The molecule has 1 N–H and O–H groups in total. The third-order valence-electron chi connectivity index (χ3n) is 5.37. The molecule has 1 aromatic carbocycles. The molecule has 0 saturated carbocycles. The summed E-state index contributed by atoms with van der Waals surface area (Å²) in [5, 5.41) is 4.29. The van der Waals surface area contributed by atoms with Crippen LogP contribution < -0.4 is 10.9 Å². The van der Waals surface area contributed by atoms with Crippen molar-refractivity contribution < 1.29 is 9.53 Å². The minimum Gasteiger partial charge on any atom is -0.383 e. The number of ether oxygens (including phenoxy) is 1. The molecule has 0 aliphatic heterocycles. The van der Waals surface area contributed by atoms with E-state index in [4.69, 9.17) is 9.72 Å². The molecule has 0 saturated heterocycles. The van der Waals surface area contributed by atoms with Gasteiger partial charge >= 0.3 is 0 Å². The van der Waals surface area contributed by atoms with E-state index >= 15 is 0 Å². The maximum absolute atomic E-state index is 13.2. The van der Waals surface area contributed by atoms with Crippen LogP contribution in [0.3, 0.4) is 0 Å². The molecule has 0 bridgehead atoms. The molecule has 2 heterocycles. The lowest BCUT2D eigenvalue weighted by atomic mass is 10.0. The fourth-order valence-corrected chi connectivity index (χ4v) is 5.40. The molecule has 1 amide bonds. The third-order valence-corrected chi connectivity index (χ3v) is 7.45. The van der Waals surface area contributed by atoms with Gasteiger partial charge in [0.25, 0.3) is 5.56 Å². The SMILES string of the molecule is CCc1cccc(CC)c1NC(=O)CSc1nc2sc(C)c(C)c2c(=O)n1CCOC. The number of carbonyl (C=O) groups is 1. The summed E-state index contributed by atoms with van der Waals surface area (Å²) in [4.78, 5) is 32.5. The zero-order chi connectivity index (χ0) is 22.5. The molecule has 0 radical (unpaired) electrons. The number of aromatic nitrogens is 2. The van der Waals surface area contributed by atoms with E-state index in [1.54, 1.807) is 11.7 Å². The summed E-state index contributed by atoms with van der Waals surface area (Å²) in [7, 11) is 1.60. The first-order valence-corrected chi connectivity index (χ1v) is 12.2. The Hall–Kier alpha value is -2.16. The normalized spacial score (nSPS) is 11.3. The lowest BCUT2D eigenvalue weighted by molar-refractivity contribution is -0.113. The topological polar surface area (TPSA) is 73.2 Å². The van der Waals surface area contributed by atoms with Gasteiger partial charge in [0, 0.05) is 17.7 Å². The number of hydrogen-bond acceptors (Lipinski definition) is 6. The number of nitrogens with one attached hydrogen (secondary N) is 1. The highest BCUT2D eigenvalue weighted by molar-refractivity contribution is 7.99. The molecule has 3 rings (SSSR count). The Bertz CT molecular complexity index is 1130. The summed E-state index contributed by atoms with van der Waals surface area (Å²) in [5.74, 6) is 0.0712. The summed E-state index contributed by atoms with van der Waals surface area (Å²) in [6.45, 7) is 8.91. The monoisotopic (exact) mass is 459 g/mol. The number of thiophene rings is 1.